The lowest BCUT2D eigenvalue weighted by molar-refractivity contribution is -0.141. The largest absolute Gasteiger partial charge is 0.468 e. The Morgan fingerprint density at radius 2 is 1.94 bits per heavy atom. The van der Waals surface area contributed by atoms with E-state index >= 15 is 0 Å². The molecular formula is C13H16N2O2. The van der Waals surface area contributed by atoms with Gasteiger partial charge < -0.3 is 10.5 Å². The lowest BCUT2D eigenvalue weighted by atomic mass is 10.2. The van der Waals surface area contributed by atoms with Crippen molar-refractivity contribution in [1.29, 1.82) is 0 Å². The number of esters is 1. The third-order valence-electron chi connectivity index (χ3n) is 2.09. The predicted octanol–water partition coefficient (Wildman–Crippen LogP) is 1.74. The molecule has 0 amide bonds. The van der Waals surface area contributed by atoms with Gasteiger partial charge in [-0.05, 0) is 19.1 Å². The summed E-state index contributed by atoms with van der Waals surface area (Å²) in [5.74, 6) is -0.375. The molecule has 1 aromatic heterocycles. The molecule has 2 aromatic rings. The highest BCUT2D eigenvalue weighted by Gasteiger charge is 2.03. The molecule has 0 fully saturated rings. The SMILES string of the molecule is COC(=O)C(C)N.c1ccc2ncccc2c1. The van der Waals surface area contributed by atoms with Crippen molar-refractivity contribution >= 4 is 16.9 Å². The number of hydrogen-bond acceptors (Lipinski definition) is 4. The standard InChI is InChI=1S/C9H7N.C4H9NO2/c1-2-6-9-8(4-1)5-3-7-10-9;1-3(5)4(6)7-2/h1-7H;3H,5H2,1-2H3. The molecule has 0 aliphatic heterocycles. The molecule has 1 aromatic carbocycles. The van der Waals surface area contributed by atoms with Gasteiger partial charge in [-0.1, -0.05) is 24.3 Å². The number of aromatic nitrogens is 1. The summed E-state index contributed by atoms with van der Waals surface area (Å²) in [6.07, 6.45) is 1.81. The maximum absolute atomic E-state index is 10.2. The number of para-hydroxylation sites is 1. The molecule has 0 bridgehead atoms. The van der Waals surface area contributed by atoms with Crippen LogP contribution in [0.2, 0.25) is 0 Å². The Labute approximate surface area is 100 Å². The van der Waals surface area contributed by atoms with E-state index in [0.29, 0.717) is 0 Å². The van der Waals surface area contributed by atoms with E-state index in [0.717, 1.165) is 5.52 Å². The molecular weight excluding hydrogens is 216 g/mol. The lowest BCUT2D eigenvalue weighted by Crippen LogP contribution is -2.27. The lowest BCUT2D eigenvalue weighted by Gasteiger charge is -1.98. The fourth-order valence-electron chi connectivity index (χ4n) is 1.20. The Bertz CT molecular complexity index is 418. The summed E-state index contributed by atoms with van der Waals surface area (Å²) in [6, 6.07) is 11.6. The summed E-state index contributed by atoms with van der Waals surface area (Å²) in [4.78, 5) is 14.3. The highest BCUT2D eigenvalue weighted by atomic mass is 16.5. The van der Waals surface area contributed by atoms with Crippen molar-refractivity contribution in [1.82, 2.24) is 4.98 Å². The number of carbonyl (C=O) groups is 1. The maximum atomic E-state index is 10.2. The fraction of sp³-hybridized carbons (Fsp3) is 0.231. The number of hydrogen-bond donors (Lipinski definition) is 1. The Morgan fingerprint density at radius 1 is 1.29 bits per heavy atom. The van der Waals surface area contributed by atoms with Crippen molar-refractivity contribution < 1.29 is 9.53 Å². The van der Waals surface area contributed by atoms with Gasteiger partial charge in [0.15, 0.2) is 0 Å². The number of pyridine rings is 1. The van der Waals surface area contributed by atoms with Crippen molar-refractivity contribution in [2.24, 2.45) is 5.73 Å². The number of nitrogens with zero attached hydrogens (tertiary/aromatic N) is 1. The van der Waals surface area contributed by atoms with Crippen LogP contribution in [0.25, 0.3) is 10.9 Å². The van der Waals surface area contributed by atoms with Crippen LogP contribution < -0.4 is 5.73 Å². The van der Waals surface area contributed by atoms with Crippen LogP contribution in [0.15, 0.2) is 42.6 Å². The van der Waals surface area contributed by atoms with E-state index in [1.807, 2.05) is 30.5 Å². The smallest absolute Gasteiger partial charge is 0.322 e. The first kappa shape index (κ1) is 13.1. The van der Waals surface area contributed by atoms with Gasteiger partial charge >= 0.3 is 5.97 Å². The van der Waals surface area contributed by atoms with Crippen molar-refractivity contribution in [3.05, 3.63) is 42.6 Å². The van der Waals surface area contributed by atoms with Gasteiger partial charge in [0.25, 0.3) is 0 Å². The minimum atomic E-state index is -0.495. The van der Waals surface area contributed by atoms with Gasteiger partial charge in [-0.3, -0.25) is 9.78 Å². The predicted molar refractivity (Wildman–Crippen MR) is 67.4 cm³/mol. The van der Waals surface area contributed by atoms with Gasteiger partial charge in [0.2, 0.25) is 0 Å². The molecule has 1 heterocycles. The third-order valence-corrected chi connectivity index (χ3v) is 2.09. The van der Waals surface area contributed by atoms with E-state index in [9.17, 15) is 4.79 Å². The molecule has 17 heavy (non-hydrogen) atoms. The van der Waals surface area contributed by atoms with Gasteiger partial charge in [-0.2, -0.15) is 0 Å². The number of carbonyl (C=O) groups excluding carboxylic acids is 1. The highest BCUT2D eigenvalue weighted by Crippen LogP contribution is 2.07. The van der Waals surface area contributed by atoms with Crippen LogP contribution in [0.3, 0.4) is 0 Å². The molecule has 4 heteroatoms. The number of ether oxygens (including phenoxy) is 1. The average molecular weight is 232 g/mol. The minimum absolute atomic E-state index is 0.375. The quantitative estimate of drug-likeness (QED) is 0.761. The zero-order valence-corrected chi connectivity index (χ0v) is 9.96. The van der Waals surface area contributed by atoms with Crippen LogP contribution >= 0.6 is 0 Å². The number of benzene rings is 1. The molecule has 2 N–H and O–H groups in total. The molecule has 1 unspecified atom stereocenters. The molecule has 90 valence electrons. The minimum Gasteiger partial charge on any atom is -0.468 e. The normalized spacial score (nSPS) is 11.2. The summed E-state index contributed by atoms with van der Waals surface area (Å²) < 4.78 is 4.25. The summed E-state index contributed by atoms with van der Waals surface area (Å²) in [5.41, 5.74) is 6.13. The first-order chi connectivity index (χ1) is 8.15. The van der Waals surface area contributed by atoms with E-state index in [1.165, 1.54) is 12.5 Å². The van der Waals surface area contributed by atoms with Crippen LogP contribution in [-0.4, -0.2) is 24.1 Å². The molecule has 2 rings (SSSR count). The Balaban J connectivity index is 0.000000185. The zero-order valence-electron chi connectivity index (χ0n) is 9.96. The van der Waals surface area contributed by atoms with Crippen molar-refractivity contribution in [2.75, 3.05) is 7.11 Å². The topological polar surface area (TPSA) is 65.2 Å². The summed E-state index contributed by atoms with van der Waals surface area (Å²) >= 11 is 0. The molecule has 0 aliphatic rings. The second kappa shape index (κ2) is 6.60. The monoisotopic (exact) mass is 232 g/mol. The Morgan fingerprint density at radius 3 is 2.47 bits per heavy atom. The summed E-state index contributed by atoms with van der Waals surface area (Å²) in [7, 11) is 1.31. The maximum Gasteiger partial charge on any atom is 0.322 e. The van der Waals surface area contributed by atoms with E-state index in [-0.39, 0.29) is 5.97 Å². The van der Waals surface area contributed by atoms with Gasteiger partial charge in [0, 0.05) is 11.6 Å². The van der Waals surface area contributed by atoms with E-state index < -0.39 is 6.04 Å². The van der Waals surface area contributed by atoms with Gasteiger partial charge in [0.05, 0.1) is 12.6 Å². The van der Waals surface area contributed by atoms with E-state index in [1.54, 1.807) is 6.92 Å². The van der Waals surface area contributed by atoms with Crippen molar-refractivity contribution in [3.8, 4) is 0 Å². The molecule has 0 saturated heterocycles. The van der Waals surface area contributed by atoms with Crippen LogP contribution in [-0.2, 0) is 9.53 Å². The average Bonchev–Trinajstić information content (AvgIpc) is 2.38. The van der Waals surface area contributed by atoms with E-state index in [4.69, 9.17) is 5.73 Å². The third kappa shape index (κ3) is 4.20. The van der Waals surface area contributed by atoms with Crippen molar-refractivity contribution in [2.45, 2.75) is 13.0 Å². The first-order valence-electron chi connectivity index (χ1n) is 5.28. The van der Waals surface area contributed by atoms with Crippen LogP contribution in [0.5, 0.6) is 0 Å². The molecule has 1 atom stereocenters. The first-order valence-corrected chi connectivity index (χ1v) is 5.28. The number of fused-ring (bicyclic) bond motifs is 1. The van der Waals surface area contributed by atoms with Crippen LogP contribution in [0, 0.1) is 0 Å². The molecule has 4 nitrogen and oxygen atoms in total. The van der Waals surface area contributed by atoms with Crippen LogP contribution in [0.1, 0.15) is 6.92 Å². The molecule has 0 aliphatic carbocycles. The highest BCUT2D eigenvalue weighted by molar-refractivity contribution is 5.77. The number of rotatable bonds is 1. The Hall–Kier alpha value is -1.94. The van der Waals surface area contributed by atoms with Crippen molar-refractivity contribution in [3.63, 3.8) is 0 Å². The molecule has 0 radical (unpaired) electrons. The Kier molecular flexibility index (Phi) is 5.10. The van der Waals surface area contributed by atoms with Gasteiger partial charge in [-0.25, -0.2) is 0 Å². The van der Waals surface area contributed by atoms with Crippen LogP contribution in [0.4, 0.5) is 0 Å². The molecule has 0 saturated carbocycles. The fourth-order valence-corrected chi connectivity index (χ4v) is 1.20. The number of nitrogens with two attached hydrogens (primary N) is 1. The second-order valence-corrected chi connectivity index (χ2v) is 3.51. The second-order valence-electron chi connectivity index (χ2n) is 3.51. The summed E-state index contributed by atoms with van der Waals surface area (Å²) in [6.45, 7) is 1.58. The number of methoxy groups -OCH3 is 1. The zero-order chi connectivity index (χ0) is 12.7. The summed E-state index contributed by atoms with van der Waals surface area (Å²) in [5, 5.41) is 1.20. The van der Waals surface area contributed by atoms with Gasteiger partial charge in [-0.15, -0.1) is 0 Å². The van der Waals surface area contributed by atoms with Gasteiger partial charge in [0.1, 0.15) is 6.04 Å². The molecule has 0 spiro atoms. The van der Waals surface area contributed by atoms with E-state index in [2.05, 4.69) is 21.9 Å².